The SMILES string of the molecule is Cc1ccc(N(Cc2ccco2)C(=O)c2ccc(C)nc2C)cc1. The van der Waals surface area contributed by atoms with Gasteiger partial charge in [-0.25, -0.2) is 0 Å². The number of amides is 1. The summed E-state index contributed by atoms with van der Waals surface area (Å²) in [6, 6.07) is 15.3. The Morgan fingerprint density at radius 3 is 2.42 bits per heavy atom. The van der Waals surface area contributed by atoms with Gasteiger partial charge in [0.25, 0.3) is 5.91 Å². The number of aryl methyl sites for hydroxylation is 3. The van der Waals surface area contributed by atoms with Crippen molar-refractivity contribution in [1.82, 2.24) is 4.98 Å². The molecule has 4 nitrogen and oxygen atoms in total. The van der Waals surface area contributed by atoms with Gasteiger partial charge < -0.3 is 9.32 Å². The number of nitrogens with zero attached hydrogens (tertiary/aromatic N) is 2. The molecule has 24 heavy (non-hydrogen) atoms. The molecule has 0 aliphatic carbocycles. The number of hydrogen-bond acceptors (Lipinski definition) is 3. The van der Waals surface area contributed by atoms with E-state index in [4.69, 9.17) is 4.42 Å². The average Bonchev–Trinajstić information content (AvgIpc) is 3.06. The molecule has 0 saturated heterocycles. The van der Waals surface area contributed by atoms with Crippen LogP contribution in [-0.2, 0) is 6.54 Å². The third-order valence-electron chi connectivity index (χ3n) is 3.94. The van der Waals surface area contributed by atoms with E-state index in [0.717, 1.165) is 28.4 Å². The van der Waals surface area contributed by atoms with Gasteiger partial charge in [0.2, 0.25) is 0 Å². The lowest BCUT2D eigenvalue weighted by Crippen LogP contribution is -2.31. The van der Waals surface area contributed by atoms with Crippen LogP contribution in [0.15, 0.2) is 59.2 Å². The number of pyridine rings is 1. The molecular formula is C20H20N2O2. The molecule has 0 aliphatic rings. The predicted octanol–water partition coefficient (Wildman–Crippen LogP) is 4.45. The predicted molar refractivity (Wildman–Crippen MR) is 94.1 cm³/mol. The van der Waals surface area contributed by atoms with Gasteiger partial charge in [-0.3, -0.25) is 9.78 Å². The first kappa shape index (κ1) is 16.0. The maximum Gasteiger partial charge on any atom is 0.260 e. The molecule has 0 aliphatic heterocycles. The van der Waals surface area contributed by atoms with Gasteiger partial charge in [-0.15, -0.1) is 0 Å². The van der Waals surface area contributed by atoms with E-state index in [1.807, 2.05) is 69.3 Å². The minimum Gasteiger partial charge on any atom is -0.467 e. The van der Waals surface area contributed by atoms with E-state index in [9.17, 15) is 4.79 Å². The number of benzene rings is 1. The molecule has 0 N–H and O–H groups in total. The molecule has 0 unspecified atom stereocenters. The largest absolute Gasteiger partial charge is 0.467 e. The van der Waals surface area contributed by atoms with Crippen molar-refractivity contribution in [1.29, 1.82) is 0 Å². The lowest BCUT2D eigenvalue weighted by atomic mass is 10.1. The number of carbonyl (C=O) groups is 1. The van der Waals surface area contributed by atoms with Crippen molar-refractivity contribution in [3.8, 4) is 0 Å². The summed E-state index contributed by atoms with van der Waals surface area (Å²) in [6.45, 7) is 6.18. The van der Waals surface area contributed by atoms with Crippen LogP contribution in [-0.4, -0.2) is 10.9 Å². The highest BCUT2D eigenvalue weighted by atomic mass is 16.3. The van der Waals surface area contributed by atoms with Crippen molar-refractivity contribution < 1.29 is 9.21 Å². The van der Waals surface area contributed by atoms with Crippen molar-refractivity contribution in [2.45, 2.75) is 27.3 Å². The zero-order valence-corrected chi connectivity index (χ0v) is 14.1. The summed E-state index contributed by atoms with van der Waals surface area (Å²) in [5, 5.41) is 0. The van der Waals surface area contributed by atoms with Gasteiger partial charge in [0.15, 0.2) is 0 Å². The van der Waals surface area contributed by atoms with Crippen LogP contribution in [0.25, 0.3) is 0 Å². The smallest absolute Gasteiger partial charge is 0.260 e. The Morgan fingerprint density at radius 2 is 1.79 bits per heavy atom. The van der Waals surface area contributed by atoms with Crippen LogP contribution in [0.1, 0.15) is 33.1 Å². The summed E-state index contributed by atoms with van der Waals surface area (Å²) in [7, 11) is 0. The Labute approximate surface area is 141 Å². The molecule has 0 radical (unpaired) electrons. The fourth-order valence-corrected chi connectivity index (χ4v) is 2.62. The topological polar surface area (TPSA) is 46.3 Å². The fraction of sp³-hybridized carbons (Fsp3) is 0.200. The van der Waals surface area contributed by atoms with Crippen molar-refractivity contribution in [2.75, 3.05) is 4.90 Å². The molecule has 1 aromatic carbocycles. The zero-order valence-electron chi connectivity index (χ0n) is 14.1. The number of aromatic nitrogens is 1. The second-order valence-electron chi connectivity index (χ2n) is 5.89. The van der Waals surface area contributed by atoms with Crippen LogP contribution in [0.4, 0.5) is 5.69 Å². The molecule has 0 fully saturated rings. The van der Waals surface area contributed by atoms with Crippen molar-refractivity contribution in [2.24, 2.45) is 0 Å². The highest BCUT2D eigenvalue weighted by Gasteiger charge is 2.21. The highest BCUT2D eigenvalue weighted by molar-refractivity contribution is 6.06. The van der Waals surface area contributed by atoms with E-state index >= 15 is 0 Å². The second kappa shape index (κ2) is 6.71. The van der Waals surface area contributed by atoms with Crippen LogP contribution in [0, 0.1) is 20.8 Å². The molecule has 3 rings (SSSR count). The number of carbonyl (C=O) groups excluding carboxylic acids is 1. The zero-order chi connectivity index (χ0) is 17.1. The Hall–Kier alpha value is -2.88. The fourth-order valence-electron chi connectivity index (χ4n) is 2.62. The highest BCUT2D eigenvalue weighted by Crippen LogP contribution is 2.22. The number of furan rings is 1. The van der Waals surface area contributed by atoms with Gasteiger partial charge in [0.1, 0.15) is 5.76 Å². The molecule has 0 atom stereocenters. The van der Waals surface area contributed by atoms with Gasteiger partial charge in [-0.1, -0.05) is 17.7 Å². The third kappa shape index (κ3) is 3.38. The minimum atomic E-state index is -0.0831. The molecule has 2 aromatic heterocycles. The summed E-state index contributed by atoms with van der Waals surface area (Å²) >= 11 is 0. The first-order valence-corrected chi connectivity index (χ1v) is 7.90. The maximum absolute atomic E-state index is 13.1. The minimum absolute atomic E-state index is 0.0831. The third-order valence-corrected chi connectivity index (χ3v) is 3.94. The van der Waals surface area contributed by atoms with Crippen molar-refractivity contribution in [3.05, 3.63) is 83.1 Å². The molecular weight excluding hydrogens is 300 g/mol. The monoisotopic (exact) mass is 320 g/mol. The molecule has 122 valence electrons. The van der Waals surface area contributed by atoms with Crippen LogP contribution in [0.3, 0.4) is 0 Å². The number of hydrogen-bond donors (Lipinski definition) is 0. The molecule has 0 saturated carbocycles. The molecule has 3 aromatic rings. The van der Waals surface area contributed by atoms with E-state index in [2.05, 4.69) is 4.98 Å². The lowest BCUT2D eigenvalue weighted by molar-refractivity contribution is 0.0982. The van der Waals surface area contributed by atoms with Gasteiger partial charge >= 0.3 is 0 Å². The van der Waals surface area contributed by atoms with E-state index in [0.29, 0.717) is 12.1 Å². The van der Waals surface area contributed by atoms with Crippen molar-refractivity contribution >= 4 is 11.6 Å². The molecule has 1 amide bonds. The summed E-state index contributed by atoms with van der Waals surface area (Å²) in [5.41, 5.74) is 4.22. The van der Waals surface area contributed by atoms with Crippen LogP contribution in [0.5, 0.6) is 0 Å². The molecule has 4 heteroatoms. The lowest BCUT2D eigenvalue weighted by Gasteiger charge is -2.23. The summed E-state index contributed by atoms with van der Waals surface area (Å²) in [5.74, 6) is 0.655. The standard InChI is InChI=1S/C20H20N2O2/c1-14-6-9-17(10-7-14)22(13-18-5-4-12-24-18)20(23)19-11-8-15(2)21-16(19)3/h4-12H,13H2,1-3H3. The molecule has 2 heterocycles. The Morgan fingerprint density at radius 1 is 1.04 bits per heavy atom. The van der Waals surface area contributed by atoms with E-state index in [-0.39, 0.29) is 5.91 Å². The summed E-state index contributed by atoms with van der Waals surface area (Å²) in [4.78, 5) is 19.3. The molecule has 0 spiro atoms. The summed E-state index contributed by atoms with van der Waals surface area (Å²) in [6.07, 6.45) is 1.62. The average molecular weight is 320 g/mol. The van der Waals surface area contributed by atoms with Crippen LogP contribution >= 0.6 is 0 Å². The van der Waals surface area contributed by atoms with E-state index in [1.165, 1.54) is 0 Å². The van der Waals surface area contributed by atoms with E-state index in [1.54, 1.807) is 11.2 Å². The van der Waals surface area contributed by atoms with Crippen molar-refractivity contribution in [3.63, 3.8) is 0 Å². The van der Waals surface area contributed by atoms with Gasteiger partial charge in [0, 0.05) is 11.4 Å². The quantitative estimate of drug-likeness (QED) is 0.713. The maximum atomic E-state index is 13.1. The first-order chi connectivity index (χ1) is 11.5. The van der Waals surface area contributed by atoms with Gasteiger partial charge in [-0.2, -0.15) is 0 Å². The van der Waals surface area contributed by atoms with Gasteiger partial charge in [0.05, 0.1) is 24.1 Å². The van der Waals surface area contributed by atoms with E-state index < -0.39 is 0 Å². The normalized spacial score (nSPS) is 10.6. The first-order valence-electron chi connectivity index (χ1n) is 7.90. The molecule has 0 bridgehead atoms. The number of anilines is 1. The Bertz CT molecular complexity index is 837. The Kier molecular flexibility index (Phi) is 4.47. The second-order valence-corrected chi connectivity index (χ2v) is 5.89. The van der Waals surface area contributed by atoms with Crippen LogP contribution in [0.2, 0.25) is 0 Å². The summed E-state index contributed by atoms with van der Waals surface area (Å²) < 4.78 is 5.44. The Balaban J connectivity index is 1.99. The number of rotatable bonds is 4. The van der Waals surface area contributed by atoms with Gasteiger partial charge in [-0.05, 0) is 57.2 Å². The van der Waals surface area contributed by atoms with Crippen LogP contribution < -0.4 is 4.90 Å².